The van der Waals surface area contributed by atoms with Crippen molar-refractivity contribution in [3.8, 4) is 0 Å². The van der Waals surface area contributed by atoms with Crippen molar-refractivity contribution >= 4 is 27.3 Å². The number of sulfonamides is 1. The Kier molecular flexibility index (Phi) is 6.91. The second kappa shape index (κ2) is 9.44. The summed E-state index contributed by atoms with van der Waals surface area (Å²) in [6.07, 6.45) is 0.0512. The van der Waals surface area contributed by atoms with Crippen LogP contribution in [0.2, 0.25) is 0 Å². The van der Waals surface area contributed by atoms with Gasteiger partial charge in [-0.2, -0.15) is 0 Å². The molecule has 0 bridgehead atoms. The van der Waals surface area contributed by atoms with Gasteiger partial charge in [0.15, 0.2) is 0 Å². The molecule has 9 nitrogen and oxygen atoms in total. The molecule has 2 aromatic rings. The number of benzene rings is 2. The third-order valence-electron chi connectivity index (χ3n) is 5.32. The molecule has 0 aromatic heterocycles. The lowest BCUT2D eigenvalue weighted by atomic mass is 10.2. The van der Waals surface area contributed by atoms with E-state index in [0.29, 0.717) is 37.4 Å². The zero-order valence-corrected chi connectivity index (χ0v) is 18.4. The number of carbonyl (C=O) groups excluding carboxylic acids is 1. The van der Waals surface area contributed by atoms with Crippen molar-refractivity contribution in [2.24, 2.45) is 0 Å². The van der Waals surface area contributed by atoms with Gasteiger partial charge in [-0.1, -0.05) is 24.3 Å². The average molecular weight is 447 g/mol. The van der Waals surface area contributed by atoms with E-state index in [9.17, 15) is 23.3 Å². The highest BCUT2D eigenvalue weighted by atomic mass is 32.2. The molecule has 0 unspecified atom stereocenters. The Balaban J connectivity index is 1.53. The molecule has 1 amide bonds. The van der Waals surface area contributed by atoms with Gasteiger partial charge >= 0.3 is 0 Å². The van der Waals surface area contributed by atoms with Gasteiger partial charge < -0.3 is 9.80 Å². The summed E-state index contributed by atoms with van der Waals surface area (Å²) in [6.45, 7) is 5.37. The number of hydrogen-bond donors (Lipinski definition) is 1. The molecular formula is C21H26N4O5S. The normalized spacial score (nSPS) is 14.5. The van der Waals surface area contributed by atoms with Gasteiger partial charge in [-0.15, -0.1) is 0 Å². The second-order valence-electron chi connectivity index (χ2n) is 7.53. The maximum atomic E-state index is 12.6. The highest BCUT2D eigenvalue weighted by molar-refractivity contribution is 7.89. The average Bonchev–Trinajstić information content (AvgIpc) is 2.75. The minimum atomic E-state index is -3.69. The number of anilines is 1. The number of nitro benzene ring substituents is 1. The number of carbonyl (C=O) groups is 1. The Labute approximate surface area is 181 Å². The lowest BCUT2D eigenvalue weighted by Gasteiger charge is -2.35. The molecule has 31 heavy (non-hydrogen) atoms. The van der Waals surface area contributed by atoms with Gasteiger partial charge in [0, 0.05) is 45.2 Å². The van der Waals surface area contributed by atoms with Crippen molar-refractivity contribution < 1.29 is 18.1 Å². The molecule has 0 atom stereocenters. The van der Waals surface area contributed by atoms with E-state index in [1.54, 1.807) is 42.2 Å². The van der Waals surface area contributed by atoms with Crippen LogP contribution in [0.15, 0.2) is 47.4 Å². The van der Waals surface area contributed by atoms with Crippen molar-refractivity contribution in [2.45, 2.75) is 25.2 Å². The van der Waals surface area contributed by atoms with E-state index in [-0.39, 0.29) is 29.5 Å². The molecule has 1 saturated heterocycles. The van der Waals surface area contributed by atoms with Crippen molar-refractivity contribution in [3.63, 3.8) is 0 Å². The number of rotatable bonds is 7. The van der Waals surface area contributed by atoms with E-state index in [1.165, 1.54) is 6.07 Å². The van der Waals surface area contributed by atoms with E-state index in [0.717, 1.165) is 5.56 Å². The number of nitrogens with one attached hydrogen (secondary N) is 1. The fourth-order valence-electron chi connectivity index (χ4n) is 3.61. The number of hydrogen-bond acceptors (Lipinski definition) is 6. The summed E-state index contributed by atoms with van der Waals surface area (Å²) in [5, 5.41) is 11.2. The van der Waals surface area contributed by atoms with Crippen LogP contribution in [0, 0.1) is 24.0 Å². The third kappa shape index (κ3) is 5.39. The van der Waals surface area contributed by atoms with Crippen molar-refractivity contribution in [3.05, 3.63) is 63.7 Å². The van der Waals surface area contributed by atoms with E-state index < -0.39 is 14.9 Å². The first-order chi connectivity index (χ1) is 14.7. The molecule has 1 N–H and O–H groups in total. The van der Waals surface area contributed by atoms with Crippen LogP contribution in [-0.4, -0.2) is 56.9 Å². The second-order valence-corrected chi connectivity index (χ2v) is 9.27. The van der Waals surface area contributed by atoms with E-state index in [4.69, 9.17) is 0 Å². The van der Waals surface area contributed by atoms with Gasteiger partial charge in [0.05, 0.1) is 9.82 Å². The number of para-hydroxylation sites is 2. The van der Waals surface area contributed by atoms with E-state index >= 15 is 0 Å². The topological polar surface area (TPSA) is 113 Å². The zero-order chi connectivity index (χ0) is 22.6. The summed E-state index contributed by atoms with van der Waals surface area (Å²) in [6, 6.07) is 11.8. The van der Waals surface area contributed by atoms with Crippen LogP contribution in [0.1, 0.15) is 17.5 Å². The van der Waals surface area contributed by atoms with Gasteiger partial charge in [-0.05, 0) is 37.1 Å². The maximum absolute atomic E-state index is 12.6. The predicted molar refractivity (Wildman–Crippen MR) is 118 cm³/mol. The summed E-state index contributed by atoms with van der Waals surface area (Å²) in [4.78, 5) is 27.1. The van der Waals surface area contributed by atoms with Crippen LogP contribution < -0.4 is 9.62 Å². The summed E-state index contributed by atoms with van der Waals surface area (Å²) in [5.41, 5.74) is 2.08. The van der Waals surface area contributed by atoms with E-state index in [1.807, 2.05) is 17.9 Å². The zero-order valence-electron chi connectivity index (χ0n) is 17.6. The minimum Gasteiger partial charge on any atom is -0.362 e. The largest absolute Gasteiger partial charge is 0.362 e. The van der Waals surface area contributed by atoms with Gasteiger partial charge in [-0.3, -0.25) is 14.9 Å². The molecule has 3 rings (SSSR count). The first kappa shape index (κ1) is 22.7. The molecule has 2 aromatic carbocycles. The molecular weight excluding hydrogens is 420 g/mol. The van der Waals surface area contributed by atoms with Crippen LogP contribution in [0.25, 0.3) is 0 Å². The summed E-state index contributed by atoms with van der Waals surface area (Å²) in [5.74, 6) is -0.147. The lowest BCUT2D eigenvalue weighted by molar-refractivity contribution is -0.384. The molecule has 1 fully saturated rings. The van der Waals surface area contributed by atoms with Crippen LogP contribution in [0.3, 0.4) is 0 Å². The van der Waals surface area contributed by atoms with Crippen molar-refractivity contribution in [1.82, 2.24) is 9.62 Å². The minimum absolute atomic E-state index is 0.0128. The molecule has 0 saturated carbocycles. The number of amides is 1. The monoisotopic (exact) mass is 446 g/mol. The summed E-state index contributed by atoms with van der Waals surface area (Å²) in [7, 11) is -3.69. The Morgan fingerprint density at radius 1 is 1.10 bits per heavy atom. The Hall–Kier alpha value is -2.98. The first-order valence-corrected chi connectivity index (χ1v) is 11.5. The fraction of sp³-hybridized carbons (Fsp3) is 0.381. The van der Waals surface area contributed by atoms with Crippen molar-refractivity contribution in [1.29, 1.82) is 0 Å². The SMILES string of the molecule is Cc1ccc(C)c(S(=O)(=O)NCCC(=O)N2CCN(c3ccccc3[N+](=O)[O-])CC2)c1. The van der Waals surface area contributed by atoms with Crippen LogP contribution >= 0.6 is 0 Å². The molecule has 0 radical (unpaired) electrons. The molecule has 10 heteroatoms. The summed E-state index contributed by atoms with van der Waals surface area (Å²) >= 11 is 0. The summed E-state index contributed by atoms with van der Waals surface area (Å²) < 4.78 is 27.6. The number of nitrogens with zero attached hydrogens (tertiary/aromatic N) is 3. The standard InChI is InChI=1S/C21H26N4O5S/c1-16-7-8-17(2)20(15-16)31(29,30)22-10-9-21(26)24-13-11-23(12-14-24)18-5-3-4-6-19(18)25(27)28/h3-8,15,22H,9-14H2,1-2H3. The highest BCUT2D eigenvalue weighted by Gasteiger charge is 2.25. The van der Waals surface area contributed by atoms with Gasteiger partial charge in [0.2, 0.25) is 15.9 Å². The Bertz CT molecular complexity index is 1080. The van der Waals surface area contributed by atoms with E-state index in [2.05, 4.69) is 4.72 Å². The fourth-order valence-corrected chi connectivity index (χ4v) is 4.97. The number of nitro groups is 1. The van der Waals surface area contributed by atoms with Crippen LogP contribution in [-0.2, 0) is 14.8 Å². The van der Waals surface area contributed by atoms with Crippen LogP contribution in [0.4, 0.5) is 11.4 Å². The Morgan fingerprint density at radius 2 is 1.77 bits per heavy atom. The first-order valence-electron chi connectivity index (χ1n) is 10.0. The molecule has 1 aliphatic rings. The van der Waals surface area contributed by atoms with Gasteiger partial charge in [0.25, 0.3) is 5.69 Å². The van der Waals surface area contributed by atoms with Gasteiger partial charge in [-0.25, -0.2) is 13.1 Å². The number of piperazine rings is 1. The number of aryl methyl sites for hydroxylation is 2. The smallest absolute Gasteiger partial charge is 0.292 e. The predicted octanol–water partition coefficient (Wildman–Crippen LogP) is 2.23. The van der Waals surface area contributed by atoms with Gasteiger partial charge in [0.1, 0.15) is 5.69 Å². The quantitative estimate of drug-likeness (QED) is 0.515. The molecule has 166 valence electrons. The third-order valence-corrected chi connectivity index (χ3v) is 6.92. The molecule has 0 spiro atoms. The lowest BCUT2D eigenvalue weighted by Crippen LogP contribution is -2.49. The molecule has 1 aliphatic heterocycles. The maximum Gasteiger partial charge on any atom is 0.292 e. The molecule has 1 heterocycles. The molecule has 0 aliphatic carbocycles. The van der Waals surface area contributed by atoms with Crippen LogP contribution in [0.5, 0.6) is 0 Å². The Morgan fingerprint density at radius 3 is 2.45 bits per heavy atom. The highest BCUT2D eigenvalue weighted by Crippen LogP contribution is 2.28. The van der Waals surface area contributed by atoms with Crippen molar-refractivity contribution in [2.75, 3.05) is 37.6 Å².